The van der Waals surface area contributed by atoms with Gasteiger partial charge in [-0.15, -0.1) is 0 Å². The van der Waals surface area contributed by atoms with Crippen molar-refractivity contribution in [1.82, 2.24) is 9.97 Å². The number of ether oxygens (including phenoxy) is 1. The molecule has 8 nitrogen and oxygen atoms in total. The molecule has 1 aromatic carbocycles. The van der Waals surface area contributed by atoms with Gasteiger partial charge in [0.25, 0.3) is 5.91 Å². The second-order valence-corrected chi connectivity index (χ2v) is 8.04. The van der Waals surface area contributed by atoms with E-state index in [9.17, 15) is 14.7 Å². The highest BCUT2D eigenvalue weighted by atomic mass is 35.5. The zero-order chi connectivity index (χ0) is 22.8. The standard InChI is InChI=1S/C22H20Cl2N4O4/c1-12-17(23)18(24)19(26-12)21(29)27-15-4-2-13(3-5-15)14-10-16(22(30)31)20(25-11-14)28-6-8-32-9-7-28/h2-5,10-11,26H,6-9H2,1H3,(H,27,29)(H,30,31). The molecule has 0 atom stereocenters. The highest BCUT2D eigenvalue weighted by Gasteiger charge is 2.21. The summed E-state index contributed by atoms with van der Waals surface area (Å²) in [5, 5.41) is 12.9. The fraction of sp³-hybridized carbons (Fsp3) is 0.227. The lowest BCUT2D eigenvalue weighted by Gasteiger charge is -2.28. The van der Waals surface area contributed by atoms with E-state index in [1.54, 1.807) is 43.5 Å². The number of aromatic amines is 1. The maximum Gasteiger partial charge on any atom is 0.339 e. The van der Waals surface area contributed by atoms with Crippen LogP contribution in [0.2, 0.25) is 10.0 Å². The molecule has 3 heterocycles. The number of carbonyl (C=O) groups excluding carboxylic acids is 1. The summed E-state index contributed by atoms with van der Waals surface area (Å²) in [5.74, 6) is -1.02. The summed E-state index contributed by atoms with van der Waals surface area (Å²) in [5.41, 5.74) is 2.91. The third-order valence-corrected chi connectivity index (χ3v) is 6.11. The largest absolute Gasteiger partial charge is 0.478 e. The van der Waals surface area contributed by atoms with Crippen molar-refractivity contribution in [2.75, 3.05) is 36.5 Å². The van der Waals surface area contributed by atoms with Crippen molar-refractivity contribution in [3.63, 3.8) is 0 Å². The smallest absolute Gasteiger partial charge is 0.339 e. The molecule has 0 radical (unpaired) electrons. The lowest BCUT2D eigenvalue weighted by Crippen LogP contribution is -2.37. The molecule has 3 aromatic rings. The van der Waals surface area contributed by atoms with Crippen LogP contribution in [0.25, 0.3) is 11.1 Å². The Bertz CT molecular complexity index is 1170. The Morgan fingerprint density at radius 2 is 1.81 bits per heavy atom. The number of carboxylic acid groups (broad SMARTS) is 1. The molecule has 1 amide bonds. The van der Waals surface area contributed by atoms with Gasteiger partial charge >= 0.3 is 5.97 Å². The molecule has 32 heavy (non-hydrogen) atoms. The predicted octanol–water partition coefficient (Wildman–Crippen LogP) is 4.48. The minimum Gasteiger partial charge on any atom is -0.478 e. The highest BCUT2D eigenvalue weighted by molar-refractivity contribution is 6.44. The number of carbonyl (C=O) groups is 2. The van der Waals surface area contributed by atoms with Crippen LogP contribution >= 0.6 is 23.2 Å². The Morgan fingerprint density at radius 3 is 2.41 bits per heavy atom. The van der Waals surface area contributed by atoms with Gasteiger partial charge in [-0.1, -0.05) is 35.3 Å². The summed E-state index contributed by atoms with van der Waals surface area (Å²) in [6.07, 6.45) is 1.65. The van der Waals surface area contributed by atoms with Crippen LogP contribution in [0, 0.1) is 6.92 Å². The van der Waals surface area contributed by atoms with E-state index >= 15 is 0 Å². The molecule has 1 saturated heterocycles. The molecule has 2 aromatic heterocycles. The predicted molar refractivity (Wildman–Crippen MR) is 123 cm³/mol. The molecular formula is C22H20Cl2N4O4. The minimum atomic E-state index is -1.04. The van der Waals surface area contributed by atoms with Crippen LogP contribution in [0.5, 0.6) is 0 Å². The van der Waals surface area contributed by atoms with E-state index in [0.29, 0.717) is 54.1 Å². The molecule has 166 valence electrons. The van der Waals surface area contributed by atoms with Crippen LogP contribution in [0.1, 0.15) is 26.5 Å². The number of halogens is 2. The number of aromatic nitrogens is 2. The average Bonchev–Trinajstić information content (AvgIpc) is 3.07. The van der Waals surface area contributed by atoms with Crippen LogP contribution in [0.3, 0.4) is 0 Å². The van der Waals surface area contributed by atoms with E-state index in [1.807, 2.05) is 4.90 Å². The quantitative estimate of drug-likeness (QED) is 0.503. The number of pyridine rings is 1. The van der Waals surface area contributed by atoms with Gasteiger partial charge in [0.2, 0.25) is 0 Å². The zero-order valence-corrected chi connectivity index (χ0v) is 18.6. The van der Waals surface area contributed by atoms with Crippen molar-refractivity contribution < 1.29 is 19.4 Å². The van der Waals surface area contributed by atoms with Gasteiger partial charge in [-0.2, -0.15) is 0 Å². The molecule has 10 heteroatoms. The highest BCUT2D eigenvalue weighted by Crippen LogP contribution is 2.30. The van der Waals surface area contributed by atoms with Gasteiger partial charge in [-0.05, 0) is 30.7 Å². The fourth-order valence-corrected chi connectivity index (χ4v) is 3.88. The van der Waals surface area contributed by atoms with Crippen LogP contribution in [-0.2, 0) is 4.74 Å². The Hall–Kier alpha value is -3.07. The number of aromatic carboxylic acids is 1. The number of carboxylic acids is 1. The number of rotatable bonds is 5. The van der Waals surface area contributed by atoms with Crippen molar-refractivity contribution in [3.8, 4) is 11.1 Å². The summed E-state index contributed by atoms with van der Waals surface area (Å²) in [4.78, 5) is 33.5. The van der Waals surface area contributed by atoms with Crippen LogP contribution < -0.4 is 10.2 Å². The van der Waals surface area contributed by atoms with Crippen molar-refractivity contribution in [2.24, 2.45) is 0 Å². The molecule has 4 rings (SSSR count). The second-order valence-electron chi connectivity index (χ2n) is 7.28. The number of morpholine rings is 1. The van der Waals surface area contributed by atoms with Crippen LogP contribution in [0.15, 0.2) is 36.5 Å². The van der Waals surface area contributed by atoms with E-state index in [4.69, 9.17) is 27.9 Å². The van der Waals surface area contributed by atoms with E-state index in [1.165, 1.54) is 0 Å². The lowest BCUT2D eigenvalue weighted by atomic mass is 10.0. The molecular weight excluding hydrogens is 455 g/mol. The number of H-pyrrole nitrogens is 1. The van der Waals surface area contributed by atoms with Gasteiger partial charge < -0.3 is 25.0 Å². The topological polar surface area (TPSA) is 108 Å². The number of nitrogens with one attached hydrogen (secondary N) is 2. The minimum absolute atomic E-state index is 0.135. The van der Waals surface area contributed by atoms with Crippen LogP contribution in [0.4, 0.5) is 11.5 Å². The van der Waals surface area contributed by atoms with Crippen molar-refractivity contribution in [3.05, 3.63) is 63.5 Å². The van der Waals surface area contributed by atoms with E-state index in [0.717, 1.165) is 5.56 Å². The fourth-order valence-electron chi connectivity index (χ4n) is 3.47. The summed E-state index contributed by atoms with van der Waals surface area (Å²) in [6.45, 7) is 3.99. The third-order valence-electron chi connectivity index (χ3n) is 5.16. The zero-order valence-electron chi connectivity index (χ0n) is 17.1. The maximum absolute atomic E-state index is 12.5. The Labute approximate surface area is 194 Å². The third kappa shape index (κ3) is 4.43. The summed E-state index contributed by atoms with van der Waals surface area (Å²) in [7, 11) is 0. The van der Waals surface area contributed by atoms with Gasteiger partial charge in [0.15, 0.2) is 0 Å². The number of aryl methyl sites for hydroxylation is 1. The summed E-state index contributed by atoms with van der Waals surface area (Å²) < 4.78 is 5.33. The molecule has 0 saturated carbocycles. The number of nitrogens with zero attached hydrogens (tertiary/aromatic N) is 2. The van der Waals surface area contributed by atoms with Gasteiger partial charge in [0.05, 0.1) is 23.3 Å². The SMILES string of the molecule is Cc1[nH]c(C(=O)Nc2ccc(-c3cnc(N4CCOCC4)c(C(=O)O)c3)cc2)c(Cl)c1Cl. The van der Waals surface area contributed by atoms with Gasteiger partial charge in [-0.25, -0.2) is 9.78 Å². The first kappa shape index (κ1) is 22.1. The number of anilines is 2. The summed E-state index contributed by atoms with van der Waals surface area (Å²) in [6, 6.07) is 8.60. The van der Waals surface area contributed by atoms with E-state index in [-0.39, 0.29) is 16.3 Å². The van der Waals surface area contributed by atoms with Crippen LogP contribution in [-0.4, -0.2) is 53.3 Å². The van der Waals surface area contributed by atoms with Crippen molar-refractivity contribution in [2.45, 2.75) is 6.92 Å². The monoisotopic (exact) mass is 474 g/mol. The first-order valence-electron chi connectivity index (χ1n) is 9.86. The molecule has 0 spiro atoms. The van der Waals surface area contributed by atoms with E-state index in [2.05, 4.69) is 15.3 Å². The molecule has 0 aliphatic carbocycles. The molecule has 1 aliphatic heterocycles. The number of hydrogen-bond donors (Lipinski definition) is 3. The average molecular weight is 475 g/mol. The number of benzene rings is 1. The van der Waals surface area contributed by atoms with E-state index < -0.39 is 11.9 Å². The number of hydrogen-bond acceptors (Lipinski definition) is 5. The van der Waals surface area contributed by atoms with Gasteiger partial charge in [0.1, 0.15) is 17.1 Å². The summed E-state index contributed by atoms with van der Waals surface area (Å²) >= 11 is 12.1. The van der Waals surface area contributed by atoms with Crippen molar-refractivity contribution in [1.29, 1.82) is 0 Å². The number of amides is 1. The van der Waals surface area contributed by atoms with Crippen molar-refractivity contribution >= 4 is 46.6 Å². The van der Waals surface area contributed by atoms with Gasteiger partial charge in [0, 0.05) is 36.2 Å². The Balaban J connectivity index is 1.54. The molecule has 1 fully saturated rings. The Kier molecular flexibility index (Phi) is 6.36. The normalized spacial score (nSPS) is 13.8. The molecule has 3 N–H and O–H groups in total. The molecule has 0 unspecified atom stereocenters. The maximum atomic E-state index is 12.5. The Morgan fingerprint density at radius 1 is 1.12 bits per heavy atom. The van der Waals surface area contributed by atoms with Gasteiger partial charge in [-0.3, -0.25) is 4.79 Å². The second kappa shape index (κ2) is 9.20. The molecule has 1 aliphatic rings. The first-order valence-corrected chi connectivity index (χ1v) is 10.6. The first-order chi connectivity index (χ1) is 15.3. The molecule has 0 bridgehead atoms. The lowest BCUT2D eigenvalue weighted by molar-refractivity contribution is 0.0695.